The van der Waals surface area contributed by atoms with Gasteiger partial charge in [0.2, 0.25) is 0 Å². The molecule has 2 nitrogen and oxygen atoms in total. The lowest BCUT2D eigenvalue weighted by Gasteiger charge is -2.33. The predicted molar refractivity (Wildman–Crippen MR) is 77.3 cm³/mol. The maximum Gasteiger partial charge on any atom is 0.129 e. The Morgan fingerprint density at radius 2 is 2.35 bits per heavy atom. The van der Waals surface area contributed by atoms with Crippen LogP contribution in [0.15, 0.2) is 12.1 Å². The quantitative estimate of drug-likeness (QED) is 0.783. The molecular formula is C13H19ClN2S. The van der Waals surface area contributed by atoms with Gasteiger partial charge in [-0.05, 0) is 31.0 Å². The Kier molecular flexibility index (Phi) is 4.57. The highest BCUT2D eigenvalue weighted by molar-refractivity contribution is 8.00. The molecule has 1 saturated heterocycles. The number of anilines is 1. The molecule has 2 heterocycles. The van der Waals surface area contributed by atoms with Gasteiger partial charge in [-0.2, -0.15) is 11.8 Å². The third-order valence-corrected chi connectivity index (χ3v) is 4.75. The van der Waals surface area contributed by atoms with E-state index in [0.717, 1.165) is 29.9 Å². The Balaban J connectivity index is 2.18. The van der Waals surface area contributed by atoms with Gasteiger partial charge < -0.3 is 4.90 Å². The molecule has 2 rings (SSSR count). The van der Waals surface area contributed by atoms with Crippen molar-refractivity contribution in [3.05, 3.63) is 23.4 Å². The van der Waals surface area contributed by atoms with E-state index in [1.807, 2.05) is 6.92 Å². The second-order valence-corrected chi connectivity index (χ2v) is 6.13. The van der Waals surface area contributed by atoms with Gasteiger partial charge in [0, 0.05) is 35.7 Å². The Morgan fingerprint density at radius 3 is 3.06 bits per heavy atom. The number of pyridine rings is 1. The van der Waals surface area contributed by atoms with Crippen LogP contribution in [0.25, 0.3) is 0 Å². The summed E-state index contributed by atoms with van der Waals surface area (Å²) in [7, 11) is 0. The lowest BCUT2D eigenvalue weighted by molar-refractivity contribution is 0.718. The third-order valence-electron chi connectivity index (χ3n) is 3.07. The molecule has 0 bridgehead atoms. The summed E-state index contributed by atoms with van der Waals surface area (Å²) < 4.78 is 0. The Morgan fingerprint density at radius 1 is 1.53 bits per heavy atom. The minimum atomic E-state index is 0.566. The predicted octanol–water partition coefficient (Wildman–Crippen LogP) is 3.46. The number of rotatable bonds is 3. The van der Waals surface area contributed by atoms with Crippen molar-refractivity contribution in [3.8, 4) is 0 Å². The van der Waals surface area contributed by atoms with E-state index in [4.69, 9.17) is 11.6 Å². The van der Waals surface area contributed by atoms with Crippen LogP contribution in [0.2, 0.25) is 0 Å². The average molecular weight is 271 g/mol. The van der Waals surface area contributed by atoms with E-state index in [-0.39, 0.29) is 0 Å². The zero-order valence-electron chi connectivity index (χ0n) is 10.4. The molecule has 1 fully saturated rings. The van der Waals surface area contributed by atoms with Crippen molar-refractivity contribution < 1.29 is 0 Å². The maximum atomic E-state index is 5.92. The van der Waals surface area contributed by atoms with Crippen molar-refractivity contribution in [2.24, 2.45) is 0 Å². The number of halogens is 1. The summed E-state index contributed by atoms with van der Waals surface area (Å²) in [6, 6.07) is 4.19. The Labute approximate surface area is 113 Å². The van der Waals surface area contributed by atoms with Crippen LogP contribution in [0.1, 0.15) is 24.6 Å². The van der Waals surface area contributed by atoms with Crippen molar-refractivity contribution in [1.29, 1.82) is 0 Å². The van der Waals surface area contributed by atoms with Gasteiger partial charge in [0.05, 0.1) is 0 Å². The fourth-order valence-corrected chi connectivity index (χ4v) is 3.47. The summed E-state index contributed by atoms with van der Waals surface area (Å²) in [5, 5.41) is 0.741. The molecule has 1 aromatic heterocycles. The summed E-state index contributed by atoms with van der Waals surface area (Å²) in [5.74, 6) is 2.86. The van der Waals surface area contributed by atoms with Crippen molar-refractivity contribution in [3.63, 3.8) is 0 Å². The molecule has 0 N–H and O–H groups in total. The molecule has 94 valence electrons. The van der Waals surface area contributed by atoms with E-state index in [0.29, 0.717) is 5.88 Å². The van der Waals surface area contributed by atoms with Crippen LogP contribution in [0.3, 0.4) is 0 Å². The van der Waals surface area contributed by atoms with E-state index < -0.39 is 0 Å². The molecule has 17 heavy (non-hydrogen) atoms. The highest BCUT2D eigenvalue weighted by Gasteiger charge is 2.20. The first-order chi connectivity index (χ1) is 8.22. The lowest BCUT2D eigenvalue weighted by Crippen LogP contribution is -2.38. The molecule has 0 spiro atoms. The highest BCUT2D eigenvalue weighted by Crippen LogP contribution is 2.25. The van der Waals surface area contributed by atoms with E-state index in [1.54, 1.807) is 0 Å². The minimum Gasteiger partial charge on any atom is -0.355 e. The van der Waals surface area contributed by atoms with Crippen LogP contribution in [-0.4, -0.2) is 29.1 Å². The second-order valence-electron chi connectivity index (χ2n) is 4.46. The van der Waals surface area contributed by atoms with Crippen LogP contribution >= 0.6 is 23.4 Å². The van der Waals surface area contributed by atoms with Gasteiger partial charge in [0.25, 0.3) is 0 Å². The molecule has 0 saturated carbocycles. The van der Waals surface area contributed by atoms with Gasteiger partial charge in [0.1, 0.15) is 5.82 Å². The van der Waals surface area contributed by atoms with Crippen LogP contribution in [0.4, 0.5) is 5.82 Å². The Bertz CT molecular complexity index is 384. The summed E-state index contributed by atoms with van der Waals surface area (Å²) in [4.78, 5) is 7.03. The van der Waals surface area contributed by atoms with Gasteiger partial charge in [-0.3, -0.25) is 0 Å². The van der Waals surface area contributed by atoms with Crippen LogP contribution in [0.5, 0.6) is 0 Å². The van der Waals surface area contributed by atoms with Gasteiger partial charge in [-0.25, -0.2) is 4.98 Å². The second kappa shape index (κ2) is 5.96. The summed E-state index contributed by atoms with van der Waals surface area (Å²) in [5.41, 5.74) is 2.23. The first-order valence-corrected chi connectivity index (χ1v) is 7.71. The monoisotopic (exact) mass is 270 g/mol. The fourth-order valence-electron chi connectivity index (χ4n) is 2.13. The smallest absolute Gasteiger partial charge is 0.129 e. The summed E-state index contributed by atoms with van der Waals surface area (Å²) in [6.07, 6.45) is 1.23. The summed E-state index contributed by atoms with van der Waals surface area (Å²) in [6.45, 7) is 6.50. The molecule has 0 radical (unpaired) electrons. The van der Waals surface area contributed by atoms with Gasteiger partial charge in [-0.1, -0.05) is 6.92 Å². The molecule has 1 aliphatic rings. The number of hydrogen-bond acceptors (Lipinski definition) is 3. The van der Waals surface area contributed by atoms with Crippen molar-refractivity contribution in [2.75, 3.05) is 23.7 Å². The first kappa shape index (κ1) is 13.0. The van der Waals surface area contributed by atoms with Gasteiger partial charge in [0.15, 0.2) is 0 Å². The SMILES string of the molecule is CCC1CN(c2cc(CCl)cc(C)n2)CCS1. The summed E-state index contributed by atoms with van der Waals surface area (Å²) >= 11 is 8.00. The zero-order valence-corrected chi connectivity index (χ0v) is 12.0. The number of thioether (sulfide) groups is 1. The number of nitrogens with zero attached hydrogens (tertiary/aromatic N) is 2. The van der Waals surface area contributed by atoms with E-state index >= 15 is 0 Å². The molecule has 0 aliphatic carbocycles. The number of aromatic nitrogens is 1. The third kappa shape index (κ3) is 3.29. The minimum absolute atomic E-state index is 0.566. The van der Waals surface area contributed by atoms with Crippen molar-refractivity contribution >= 4 is 29.2 Å². The van der Waals surface area contributed by atoms with Gasteiger partial charge >= 0.3 is 0 Å². The van der Waals surface area contributed by atoms with Crippen LogP contribution in [-0.2, 0) is 5.88 Å². The lowest BCUT2D eigenvalue weighted by atomic mass is 10.2. The fraction of sp³-hybridized carbons (Fsp3) is 0.615. The van der Waals surface area contributed by atoms with Crippen molar-refractivity contribution in [1.82, 2.24) is 4.98 Å². The number of hydrogen-bond donors (Lipinski definition) is 0. The highest BCUT2D eigenvalue weighted by atomic mass is 35.5. The van der Waals surface area contributed by atoms with E-state index in [9.17, 15) is 0 Å². The van der Waals surface area contributed by atoms with Crippen molar-refractivity contribution in [2.45, 2.75) is 31.4 Å². The molecule has 4 heteroatoms. The molecule has 0 aromatic carbocycles. The molecule has 0 amide bonds. The van der Waals surface area contributed by atoms with E-state index in [2.05, 4.69) is 40.7 Å². The van der Waals surface area contributed by atoms with Crippen LogP contribution in [0, 0.1) is 6.92 Å². The topological polar surface area (TPSA) is 16.1 Å². The molecule has 1 atom stereocenters. The zero-order chi connectivity index (χ0) is 12.3. The maximum absolute atomic E-state index is 5.92. The normalized spacial score (nSPS) is 20.6. The largest absolute Gasteiger partial charge is 0.355 e. The number of alkyl halides is 1. The Hall–Kier alpha value is -0.410. The van der Waals surface area contributed by atoms with Gasteiger partial charge in [-0.15, -0.1) is 11.6 Å². The average Bonchev–Trinajstić information content (AvgIpc) is 2.38. The molecule has 1 unspecified atom stereocenters. The standard InChI is InChI=1S/C13H19ClN2S/c1-3-12-9-16(4-5-17-12)13-7-11(8-14)6-10(2)15-13/h6-7,12H,3-5,8-9H2,1-2H3. The first-order valence-electron chi connectivity index (χ1n) is 6.13. The van der Waals surface area contributed by atoms with Crippen LogP contribution < -0.4 is 4.90 Å². The molecular weight excluding hydrogens is 252 g/mol. The molecule has 1 aliphatic heterocycles. The molecule has 1 aromatic rings. The van der Waals surface area contributed by atoms with E-state index in [1.165, 1.54) is 17.7 Å². The number of aryl methyl sites for hydroxylation is 1.